The molecule has 1 aliphatic rings. The van der Waals surface area contributed by atoms with Crippen LogP contribution in [0.15, 0.2) is 18.3 Å². The molecule has 2 rings (SSSR count). The van der Waals surface area contributed by atoms with Gasteiger partial charge in [0.2, 0.25) is 6.54 Å². The van der Waals surface area contributed by atoms with Gasteiger partial charge in [-0.05, 0) is 32.3 Å². The monoisotopic (exact) mass is 233 g/mol. The lowest BCUT2D eigenvalue weighted by molar-refractivity contribution is -0.691. The first-order valence-corrected chi connectivity index (χ1v) is 6.42. The third-order valence-corrected chi connectivity index (χ3v) is 3.63. The van der Waals surface area contributed by atoms with Crippen molar-refractivity contribution < 1.29 is 9.36 Å². The van der Waals surface area contributed by atoms with Crippen LogP contribution < -0.4 is 4.57 Å². The number of aromatic nitrogens is 1. The molecule has 3 heteroatoms. The minimum absolute atomic E-state index is 0.253. The highest BCUT2D eigenvalue weighted by Crippen LogP contribution is 2.08. The molecule has 0 atom stereocenters. The zero-order valence-electron chi connectivity index (χ0n) is 10.8. The van der Waals surface area contributed by atoms with Crippen molar-refractivity contribution in [2.75, 3.05) is 13.1 Å². The molecule has 0 spiro atoms. The summed E-state index contributed by atoms with van der Waals surface area (Å²) in [6.07, 6.45) is 5.57. The molecular weight excluding hydrogens is 212 g/mol. The van der Waals surface area contributed by atoms with E-state index in [1.165, 1.54) is 17.7 Å². The van der Waals surface area contributed by atoms with Gasteiger partial charge in [0.1, 0.15) is 0 Å². The van der Waals surface area contributed by atoms with Crippen LogP contribution in [0.4, 0.5) is 0 Å². The number of aryl methyl sites for hydroxylation is 1. The second kappa shape index (κ2) is 5.30. The summed E-state index contributed by atoms with van der Waals surface area (Å²) in [4.78, 5) is 14.1. The van der Waals surface area contributed by atoms with E-state index in [-0.39, 0.29) is 5.91 Å². The number of hydrogen-bond acceptors (Lipinski definition) is 1. The van der Waals surface area contributed by atoms with E-state index in [4.69, 9.17) is 0 Å². The van der Waals surface area contributed by atoms with Gasteiger partial charge in [-0.1, -0.05) is 0 Å². The fraction of sp³-hybridized carbons (Fsp3) is 0.571. The first-order chi connectivity index (χ1) is 8.18. The van der Waals surface area contributed by atoms with Crippen LogP contribution in [0.5, 0.6) is 0 Å². The molecule has 92 valence electrons. The third kappa shape index (κ3) is 2.84. The lowest BCUT2D eigenvalue weighted by Gasteiger charge is -2.25. The Hall–Kier alpha value is -1.38. The number of hydrogen-bond donors (Lipinski definition) is 0. The largest absolute Gasteiger partial charge is 0.337 e. The molecule has 1 saturated heterocycles. The van der Waals surface area contributed by atoms with E-state index >= 15 is 0 Å². The summed E-state index contributed by atoms with van der Waals surface area (Å²) in [6.45, 7) is 6.50. The Morgan fingerprint density at radius 2 is 2.00 bits per heavy atom. The van der Waals surface area contributed by atoms with Gasteiger partial charge in [-0.25, -0.2) is 0 Å². The van der Waals surface area contributed by atoms with E-state index in [9.17, 15) is 4.79 Å². The average molecular weight is 233 g/mol. The van der Waals surface area contributed by atoms with Gasteiger partial charge in [-0.3, -0.25) is 4.79 Å². The molecule has 3 nitrogen and oxygen atoms in total. The Kier molecular flexibility index (Phi) is 3.77. The van der Waals surface area contributed by atoms with E-state index in [0.717, 1.165) is 25.9 Å². The Balaban J connectivity index is 2.04. The van der Waals surface area contributed by atoms with Crippen molar-refractivity contribution in [1.82, 2.24) is 4.90 Å². The SMILES string of the molecule is Cc1ccc[n+](CC(=O)N2CCCCC2)c1C. The quantitative estimate of drug-likeness (QED) is 0.712. The number of nitrogens with zero attached hydrogens (tertiary/aromatic N) is 2. The lowest BCUT2D eigenvalue weighted by atomic mass is 10.1. The number of carbonyl (C=O) groups excluding carboxylic acids is 1. The Morgan fingerprint density at radius 1 is 1.29 bits per heavy atom. The average Bonchev–Trinajstić information content (AvgIpc) is 2.36. The van der Waals surface area contributed by atoms with Crippen LogP contribution in [0.2, 0.25) is 0 Å². The predicted molar refractivity (Wildman–Crippen MR) is 66.5 cm³/mol. The third-order valence-electron chi connectivity index (χ3n) is 3.63. The molecule has 1 aromatic rings. The highest BCUT2D eigenvalue weighted by molar-refractivity contribution is 5.74. The van der Waals surface area contributed by atoms with E-state index in [2.05, 4.69) is 19.9 Å². The van der Waals surface area contributed by atoms with Crippen molar-refractivity contribution in [2.24, 2.45) is 0 Å². The minimum atomic E-state index is 0.253. The van der Waals surface area contributed by atoms with Crippen molar-refractivity contribution in [3.05, 3.63) is 29.6 Å². The first-order valence-electron chi connectivity index (χ1n) is 6.42. The van der Waals surface area contributed by atoms with Crippen molar-refractivity contribution in [3.63, 3.8) is 0 Å². The van der Waals surface area contributed by atoms with Gasteiger partial charge in [-0.15, -0.1) is 0 Å². The number of rotatable bonds is 2. The molecule has 0 aromatic carbocycles. The van der Waals surface area contributed by atoms with Crippen LogP contribution in [0, 0.1) is 13.8 Å². The maximum absolute atomic E-state index is 12.1. The van der Waals surface area contributed by atoms with Crippen LogP contribution in [0.1, 0.15) is 30.5 Å². The van der Waals surface area contributed by atoms with Gasteiger partial charge >= 0.3 is 0 Å². The molecule has 0 radical (unpaired) electrons. The second-order valence-corrected chi connectivity index (χ2v) is 4.85. The topological polar surface area (TPSA) is 24.2 Å². The molecule has 0 aliphatic carbocycles. The van der Waals surface area contributed by atoms with Crippen LogP contribution in [0.3, 0.4) is 0 Å². The van der Waals surface area contributed by atoms with E-state index < -0.39 is 0 Å². The van der Waals surface area contributed by atoms with Crippen molar-refractivity contribution in [2.45, 2.75) is 39.7 Å². The predicted octanol–water partition coefficient (Wildman–Crippen LogP) is 1.60. The summed E-state index contributed by atoms with van der Waals surface area (Å²) in [5.41, 5.74) is 2.41. The highest BCUT2D eigenvalue weighted by atomic mass is 16.2. The smallest absolute Gasteiger partial charge is 0.288 e. The summed E-state index contributed by atoms with van der Waals surface area (Å²) in [5.74, 6) is 0.253. The van der Waals surface area contributed by atoms with Crippen molar-refractivity contribution in [1.29, 1.82) is 0 Å². The summed E-state index contributed by atoms with van der Waals surface area (Å²) in [5, 5.41) is 0. The molecule has 1 fully saturated rings. The van der Waals surface area contributed by atoms with Gasteiger partial charge in [0.25, 0.3) is 5.91 Å². The van der Waals surface area contributed by atoms with Crippen LogP contribution in [0.25, 0.3) is 0 Å². The van der Waals surface area contributed by atoms with E-state index in [1.54, 1.807) is 0 Å². The molecule has 1 aliphatic heterocycles. The van der Waals surface area contributed by atoms with Crippen LogP contribution in [-0.2, 0) is 11.3 Å². The summed E-state index contributed by atoms with van der Waals surface area (Å²) in [7, 11) is 0. The Labute approximate surface area is 103 Å². The number of likely N-dealkylation sites (tertiary alicyclic amines) is 1. The molecule has 0 saturated carbocycles. The summed E-state index contributed by atoms with van der Waals surface area (Å²) < 4.78 is 2.05. The van der Waals surface area contributed by atoms with Crippen molar-refractivity contribution in [3.8, 4) is 0 Å². The van der Waals surface area contributed by atoms with Crippen LogP contribution in [-0.4, -0.2) is 23.9 Å². The summed E-state index contributed by atoms with van der Waals surface area (Å²) >= 11 is 0. The first kappa shape index (κ1) is 12.1. The molecular formula is C14H21N2O+. The highest BCUT2D eigenvalue weighted by Gasteiger charge is 2.21. The van der Waals surface area contributed by atoms with E-state index in [1.807, 2.05) is 21.7 Å². The molecule has 0 bridgehead atoms. The maximum atomic E-state index is 12.1. The van der Waals surface area contributed by atoms with Gasteiger partial charge in [0, 0.05) is 31.6 Å². The second-order valence-electron chi connectivity index (χ2n) is 4.85. The molecule has 17 heavy (non-hydrogen) atoms. The van der Waals surface area contributed by atoms with Gasteiger partial charge in [0.05, 0.1) is 0 Å². The Bertz CT molecular complexity index is 409. The standard InChI is InChI=1S/C14H21N2O/c1-12-7-6-10-16(13(12)2)11-14(17)15-8-4-3-5-9-15/h6-7,10H,3-5,8-9,11H2,1-2H3/q+1. The molecule has 2 heterocycles. The number of pyridine rings is 1. The zero-order chi connectivity index (χ0) is 12.3. The van der Waals surface area contributed by atoms with Gasteiger partial charge in [0.15, 0.2) is 11.9 Å². The maximum Gasteiger partial charge on any atom is 0.288 e. The molecule has 0 unspecified atom stereocenters. The minimum Gasteiger partial charge on any atom is -0.337 e. The molecule has 1 amide bonds. The molecule has 1 aromatic heterocycles. The fourth-order valence-corrected chi connectivity index (χ4v) is 2.31. The van der Waals surface area contributed by atoms with Gasteiger partial charge < -0.3 is 4.90 Å². The lowest BCUT2D eigenvalue weighted by Crippen LogP contribution is -2.48. The summed E-state index contributed by atoms with van der Waals surface area (Å²) in [6, 6.07) is 4.09. The number of carbonyl (C=O) groups is 1. The normalized spacial score (nSPS) is 16.0. The van der Waals surface area contributed by atoms with E-state index in [0.29, 0.717) is 6.54 Å². The fourth-order valence-electron chi connectivity index (χ4n) is 2.31. The number of piperidine rings is 1. The molecule has 0 N–H and O–H groups in total. The Morgan fingerprint density at radius 3 is 2.71 bits per heavy atom. The number of amides is 1. The zero-order valence-corrected chi connectivity index (χ0v) is 10.8. The van der Waals surface area contributed by atoms with Crippen LogP contribution >= 0.6 is 0 Å². The van der Waals surface area contributed by atoms with Crippen molar-refractivity contribution >= 4 is 5.91 Å². The van der Waals surface area contributed by atoms with Gasteiger partial charge in [-0.2, -0.15) is 4.57 Å².